The van der Waals surface area contributed by atoms with Crippen LogP contribution in [0.4, 0.5) is 0 Å². The van der Waals surface area contributed by atoms with Crippen molar-refractivity contribution in [2.75, 3.05) is 45.8 Å². The molecular weight excluding hydrogens is 220 g/mol. The molecule has 0 radical (unpaired) electrons. The summed E-state index contributed by atoms with van der Waals surface area (Å²) in [4.78, 5) is 10.5. The highest BCUT2D eigenvalue weighted by Crippen LogP contribution is 1.96. The molecule has 0 amide bonds. The summed E-state index contributed by atoms with van der Waals surface area (Å²) in [6.45, 7) is 6.47. The molecule has 0 aromatic rings. The van der Waals surface area contributed by atoms with Crippen molar-refractivity contribution in [3.05, 3.63) is 0 Å². The molecule has 0 aromatic heterocycles. The van der Waals surface area contributed by atoms with E-state index in [0.29, 0.717) is 6.42 Å². The minimum atomic E-state index is -0.724. The first-order chi connectivity index (χ1) is 8.29. The van der Waals surface area contributed by atoms with E-state index in [1.165, 1.54) is 0 Å². The number of aliphatic carboxylic acids is 1. The Labute approximate surface area is 103 Å². The van der Waals surface area contributed by atoms with Crippen molar-refractivity contribution in [1.82, 2.24) is 21.3 Å². The molecule has 0 aliphatic carbocycles. The highest BCUT2D eigenvalue weighted by Gasteiger charge is 2.09. The molecule has 100 valence electrons. The number of rotatable bonds is 3. The number of carboxylic acid groups (broad SMARTS) is 1. The lowest BCUT2D eigenvalue weighted by molar-refractivity contribution is -0.137. The Morgan fingerprint density at radius 2 is 1.59 bits per heavy atom. The summed E-state index contributed by atoms with van der Waals surface area (Å²) in [5.41, 5.74) is 0. The van der Waals surface area contributed by atoms with Gasteiger partial charge in [-0.15, -0.1) is 0 Å². The molecule has 1 fully saturated rings. The molecule has 1 aliphatic heterocycles. The summed E-state index contributed by atoms with van der Waals surface area (Å²) in [6.07, 6.45) is 0.904. The third-order valence-electron chi connectivity index (χ3n) is 2.79. The van der Waals surface area contributed by atoms with Gasteiger partial charge in [-0.1, -0.05) is 0 Å². The fraction of sp³-hybridized carbons (Fsp3) is 0.909. The van der Waals surface area contributed by atoms with Crippen LogP contribution in [0.25, 0.3) is 0 Å². The molecule has 1 unspecified atom stereocenters. The van der Waals surface area contributed by atoms with Gasteiger partial charge in [0.25, 0.3) is 0 Å². The van der Waals surface area contributed by atoms with Crippen molar-refractivity contribution in [3.8, 4) is 0 Å². The number of hydrogen-bond acceptors (Lipinski definition) is 5. The second kappa shape index (κ2) is 9.35. The molecule has 1 rings (SSSR count). The van der Waals surface area contributed by atoms with Gasteiger partial charge in [-0.2, -0.15) is 0 Å². The van der Waals surface area contributed by atoms with E-state index in [2.05, 4.69) is 21.3 Å². The summed E-state index contributed by atoms with van der Waals surface area (Å²) >= 11 is 0. The van der Waals surface area contributed by atoms with E-state index in [4.69, 9.17) is 5.11 Å². The fourth-order valence-electron chi connectivity index (χ4n) is 1.82. The van der Waals surface area contributed by atoms with Gasteiger partial charge in [-0.05, 0) is 6.42 Å². The molecule has 0 aromatic carbocycles. The molecule has 6 nitrogen and oxygen atoms in total. The first-order valence-electron chi connectivity index (χ1n) is 6.36. The summed E-state index contributed by atoms with van der Waals surface area (Å²) in [5.74, 6) is -0.724. The monoisotopic (exact) mass is 244 g/mol. The van der Waals surface area contributed by atoms with Gasteiger partial charge >= 0.3 is 5.97 Å². The molecule has 0 spiro atoms. The quantitative estimate of drug-likeness (QED) is 0.419. The minimum absolute atomic E-state index is 0.227. The summed E-state index contributed by atoms with van der Waals surface area (Å²) in [6, 6.07) is 0.243. The smallest absolute Gasteiger partial charge is 0.303 e. The van der Waals surface area contributed by atoms with E-state index >= 15 is 0 Å². The van der Waals surface area contributed by atoms with Crippen molar-refractivity contribution in [2.45, 2.75) is 18.9 Å². The Kier molecular flexibility index (Phi) is 7.91. The third-order valence-corrected chi connectivity index (χ3v) is 2.79. The molecule has 6 heteroatoms. The normalized spacial score (nSPS) is 24.6. The maximum absolute atomic E-state index is 10.5. The van der Waals surface area contributed by atoms with Crippen molar-refractivity contribution in [1.29, 1.82) is 0 Å². The number of nitrogens with one attached hydrogen (secondary N) is 4. The zero-order valence-electron chi connectivity index (χ0n) is 10.3. The first kappa shape index (κ1) is 14.4. The average molecular weight is 244 g/mol. The van der Waals surface area contributed by atoms with Crippen LogP contribution in [0.5, 0.6) is 0 Å². The van der Waals surface area contributed by atoms with Gasteiger partial charge in [-0.25, -0.2) is 0 Å². The zero-order valence-corrected chi connectivity index (χ0v) is 10.3. The lowest BCUT2D eigenvalue weighted by Gasteiger charge is -2.20. The van der Waals surface area contributed by atoms with Crippen molar-refractivity contribution >= 4 is 5.97 Å². The zero-order chi connectivity index (χ0) is 12.3. The van der Waals surface area contributed by atoms with Crippen molar-refractivity contribution in [2.24, 2.45) is 0 Å². The lowest BCUT2D eigenvalue weighted by atomic mass is 10.1. The predicted octanol–water partition coefficient (Wildman–Crippen LogP) is -1.41. The van der Waals surface area contributed by atoms with Crippen LogP contribution in [0.1, 0.15) is 12.8 Å². The standard InChI is InChI=1S/C11H24N4O2/c16-11(17)2-1-10-9-14-6-5-12-3-4-13-7-8-15-10/h10,12-15H,1-9H2,(H,16,17). The highest BCUT2D eigenvalue weighted by molar-refractivity contribution is 5.66. The Balaban J connectivity index is 2.24. The Morgan fingerprint density at radius 1 is 1.00 bits per heavy atom. The third kappa shape index (κ3) is 8.09. The van der Waals surface area contributed by atoms with E-state index < -0.39 is 5.97 Å². The van der Waals surface area contributed by atoms with Crippen LogP contribution < -0.4 is 21.3 Å². The van der Waals surface area contributed by atoms with Gasteiger partial charge in [0.05, 0.1) is 0 Å². The van der Waals surface area contributed by atoms with Crippen LogP contribution in [0, 0.1) is 0 Å². The summed E-state index contributed by atoms with van der Waals surface area (Å²) in [7, 11) is 0. The summed E-state index contributed by atoms with van der Waals surface area (Å²) < 4.78 is 0. The second-order valence-corrected chi connectivity index (χ2v) is 4.29. The van der Waals surface area contributed by atoms with Crippen molar-refractivity contribution in [3.63, 3.8) is 0 Å². The molecule has 1 heterocycles. The molecule has 1 aliphatic rings. The first-order valence-corrected chi connectivity index (χ1v) is 6.36. The Bertz CT molecular complexity index is 202. The maximum atomic E-state index is 10.5. The van der Waals surface area contributed by atoms with Gasteiger partial charge in [0, 0.05) is 58.3 Å². The van der Waals surface area contributed by atoms with Crippen LogP contribution in [-0.2, 0) is 4.79 Å². The molecule has 17 heavy (non-hydrogen) atoms. The van der Waals surface area contributed by atoms with Crippen LogP contribution in [0.2, 0.25) is 0 Å². The van der Waals surface area contributed by atoms with E-state index in [1.807, 2.05) is 0 Å². The minimum Gasteiger partial charge on any atom is -0.481 e. The second-order valence-electron chi connectivity index (χ2n) is 4.29. The molecular formula is C11H24N4O2. The van der Waals surface area contributed by atoms with Gasteiger partial charge in [-0.3, -0.25) is 4.79 Å². The number of hydrogen-bond donors (Lipinski definition) is 5. The highest BCUT2D eigenvalue weighted by atomic mass is 16.4. The fourth-order valence-corrected chi connectivity index (χ4v) is 1.82. The topological polar surface area (TPSA) is 85.4 Å². The molecule has 0 bridgehead atoms. The molecule has 5 N–H and O–H groups in total. The lowest BCUT2D eigenvalue weighted by Crippen LogP contribution is -2.45. The molecule has 1 saturated heterocycles. The van der Waals surface area contributed by atoms with E-state index in [-0.39, 0.29) is 12.5 Å². The Hall–Kier alpha value is -0.690. The van der Waals surface area contributed by atoms with Crippen LogP contribution in [0.3, 0.4) is 0 Å². The van der Waals surface area contributed by atoms with Crippen molar-refractivity contribution < 1.29 is 9.90 Å². The van der Waals surface area contributed by atoms with Crippen LogP contribution in [0.15, 0.2) is 0 Å². The Morgan fingerprint density at radius 3 is 2.24 bits per heavy atom. The van der Waals surface area contributed by atoms with E-state index in [0.717, 1.165) is 45.8 Å². The van der Waals surface area contributed by atoms with Gasteiger partial charge in [0.1, 0.15) is 0 Å². The average Bonchev–Trinajstić information content (AvgIpc) is 2.28. The van der Waals surface area contributed by atoms with E-state index in [9.17, 15) is 4.79 Å². The SMILES string of the molecule is O=C(O)CCC1CNCCNCCNCCN1. The molecule has 0 saturated carbocycles. The summed E-state index contributed by atoms with van der Waals surface area (Å²) in [5, 5.41) is 22.1. The number of carbonyl (C=O) groups is 1. The van der Waals surface area contributed by atoms with Gasteiger partial charge in [0.15, 0.2) is 0 Å². The predicted molar refractivity (Wildman–Crippen MR) is 67.3 cm³/mol. The van der Waals surface area contributed by atoms with E-state index in [1.54, 1.807) is 0 Å². The largest absolute Gasteiger partial charge is 0.481 e. The van der Waals surface area contributed by atoms with Crippen LogP contribution >= 0.6 is 0 Å². The van der Waals surface area contributed by atoms with Gasteiger partial charge < -0.3 is 26.4 Å². The number of carboxylic acids is 1. The van der Waals surface area contributed by atoms with Gasteiger partial charge in [0.2, 0.25) is 0 Å². The molecule has 1 atom stereocenters. The van der Waals surface area contributed by atoms with Crippen LogP contribution in [-0.4, -0.2) is 62.9 Å². The maximum Gasteiger partial charge on any atom is 0.303 e.